The van der Waals surface area contributed by atoms with Gasteiger partial charge in [-0.2, -0.15) is 0 Å². The predicted molar refractivity (Wildman–Crippen MR) is 65.8 cm³/mol. The maximum atomic E-state index is 11.3. The lowest BCUT2D eigenvalue weighted by atomic mass is 10.0. The second-order valence-electron chi connectivity index (χ2n) is 4.56. The summed E-state index contributed by atoms with van der Waals surface area (Å²) >= 11 is 0. The van der Waals surface area contributed by atoms with Gasteiger partial charge in [0.15, 0.2) is 9.84 Å². The van der Waals surface area contributed by atoms with Gasteiger partial charge in [-0.1, -0.05) is 13.3 Å². The number of rotatable bonds is 6. The lowest BCUT2D eigenvalue weighted by Gasteiger charge is -2.34. The van der Waals surface area contributed by atoms with Gasteiger partial charge in [-0.3, -0.25) is 9.69 Å². The van der Waals surface area contributed by atoms with Crippen molar-refractivity contribution in [2.24, 2.45) is 0 Å². The molecule has 1 rings (SSSR count). The maximum absolute atomic E-state index is 11.3. The molecule has 0 radical (unpaired) electrons. The highest BCUT2D eigenvalue weighted by Crippen LogP contribution is 2.16. The van der Waals surface area contributed by atoms with E-state index in [1.807, 2.05) is 0 Å². The van der Waals surface area contributed by atoms with Gasteiger partial charge in [0, 0.05) is 25.6 Å². The minimum absolute atomic E-state index is 0.161. The Morgan fingerprint density at radius 2 is 1.88 bits per heavy atom. The lowest BCUT2D eigenvalue weighted by Crippen LogP contribution is -2.46. The molecular formula is C11H21NO4S. The quantitative estimate of drug-likeness (QED) is 0.765. The second-order valence-corrected chi connectivity index (χ2v) is 6.87. The van der Waals surface area contributed by atoms with Crippen molar-refractivity contribution in [1.29, 1.82) is 0 Å². The van der Waals surface area contributed by atoms with E-state index in [0.717, 1.165) is 12.8 Å². The molecule has 1 saturated heterocycles. The van der Waals surface area contributed by atoms with Crippen molar-refractivity contribution in [1.82, 2.24) is 4.90 Å². The van der Waals surface area contributed by atoms with Crippen molar-refractivity contribution in [3.63, 3.8) is 0 Å². The van der Waals surface area contributed by atoms with Crippen LogP contribution in [0.2, 0.25) is 0 Å². The first-order chi connectivity index (χ1) is 7.94. The van der Waals surface area contributed by atoms with Gasteiger partial charge in [0.05, 0.1) is 11.5 Å². The number of carboxylic acids is 1. The maximum Gasteiger partial charge on any atom is 0.303 e. The highest BCUT2D eigenvalue weighted by atomic mass is 32.2. The number of sulfone groups is 1. The van der Waals surface area contributed by atoms with Crippen molar-refractivity contribution < 1.29 is 18.3 Å². The van der Waals surface area contributed by atoms with E-state index < -0.39 is 15.8 Å². The Balaban J connectivity index is 2.50. The molecule has 1 N–H and O–H groups in total. The van der Waals surface area contributed by atoms with Gasteiger partial charge in [-0.05, 0) is 12.8 Å². The number of hydrogen-bond acceptors (Lipinski definition) is 4. The highest BCUT2D eigenvalue weighted by Gasteiger charge is 2.26. The van der Waals surface area contributed by atoms with E-state index in [1.165, 1.54) is 0 Å². The Bertz CT molecular complexity index is 338. The minimum Gasteiger partial charge on any atom is -0.481 e. The summed E-state index contributed by atoms with van der Waals surface area (Å²) in [6, 6.07) is 0.214. The molecule has 1 unspecified atom stereocenters. The van der Waals surface area contributed by atoms with Gasteiger partial charge < -0.3 is 5.11 Å². The molecule has 1 fully saturated rings. The van der Waals surface area contributed by atoms with Crippen molar-refractivity contribution in [2.75, 3.05) is 24.6 Å². The third-order valence-electron chi connectivity index (χ3n) is 3.21. The molecule has 0 bridgehead atoms. The van der Waals surface area contributed by atoms with Gasteiger partial charge in [-0.15, -0.1) is 0 Å². The molecule has 6 heteroatoms. The zero-order valence-electron chi connectivity index (χ0n) is 10.3. The van der Waals surface area contributed by atoms with E-state index in [0.29, 0.717) is 19.5 Å². The van der Waals surface area contributed by atoms with Gasteiger partial charge in [0.2, 0.25) is 0 Å². The Morgan fingerprint density at radius 3 is 2.35 bits per heavy atom. The Labute approximate surface area is 103 Å². The van der Waals surface area contributed by atoms with E-state index in [1.54, 1.807) is 0 Å². The van der Waals surface area contributed by atoms with Crippen molar-refractivity contribution in [3.8, 4) is 0 Å². The monoisotopic (exact) mass is 263 g/mol. The molecule has 1 aliphatic rings. The molecule has 5 nitrogen and oxygen atoms in total. The third kappa shape index (κ3) is 5.04. The van der Waals surface area contributed by atoms with Crippen LogP contribution in [-0.4, -0.2) is 55.0 Å². The average molecular weight is 263 g/mol. The Hall–Kier alpha value is -0.620. The van der Waals surface area contributed by atoms with Crippen LogP contribution in [0, 0.1) is 0 Å². The summed E-state index contributed by atoms with van der Waals surface area (Å²) in [6.07, 6.45) is 2.71. The lowest BCUT2D eigenvalue weighted by molar-refractivity contribution is -0.137. The van der Waals surface area contributed by atoms with Crippen LogP contribution in [0.5, 0.6) is 0 Å². The van der Waals surface area contributed by atoms with Crippen LogP contribution in [0.4, 0.5) is 0 Å². The molecule has 0 aromatic carbocycles. The zero-order valence-corrected chi connectivity index (χ0v) is 11.1. The summed E-state index contributed by atoms with van der Waals surface area (Å²) in [5.74, 6) is -0.364. The summed E-state index contributed by atoms with van der Waals surface area (Å²) in [5, 5.41) is 8.70. The number of hydrogen-bond donors (Lipinski definition) is 1. The van der Waals surface area contributed by atoms with E-state index in [2.05, 4.69) is 11.8 Å². The van der Waals surface area contributed by atoms with Crippen LogP contribution in [0.25, 0.3) is 0 Å². The average Bonchev–Trinajstić information content (AvgIpc) is 2.24. The third-order valence-corrected chi connectivity index (χ3v) is 4.82. The van der Waals surface area contributed by atoms with E-state index >= 15 is 0 Å². The molecule has 17 heavy (non-hydrogen) atoms. The summed E-state index contributed by atoms with van der Waals surface area (Å²) in [7, 11) is -2.85. The first-order valence-electron chi connectivity index (χ1n) is 6.11. The normalized spacial score (nSPS) is 22.2. The molecule has 1 atom stereocenters. The van der Waals surface area contributed by atoms with Crippen molar-refractivity contribution in [3.05, 3.63) is 0 Å². The van der Waals surface area contributed by atoms with Gasteiger partial charge in [0.25, 0.3) is 0 Å². The van der Waals surface area contributed by atoms with E-state index in [9.17, 15) is 13.2 Å². The zero-order chi connectivity index (χ0) is 12.9. The Kier molecular flexibility index (Phi) is 5.39. The van der Waals surface area contributed by atoms with E-state index in [-0.39, 0.29) is 24.0 Å². The van der Waals surface area contributed by atoms with Crippen LogP contribution >= 0.6 is 0 Å². The standard InChI is InChI=1S/C11H21NO4S/c1-2-3-10(4-5-11(13)14)12-6-8-17(15,16)9-7-12/h10H,2-9H2,1H3,(H,13,14). The molecule has 0 aliphatic carbocycles. The minimum atomic E-state index is -2.85. The number of aliphatic carboxylic acids is 1. The highest BCUT2D eigenvalue weighted by molar-refractivity contribution is 7.91. The van der Waals surface area contributed by atoms with Crippen molar-refractivity contribution >= 4 is 15.8 Å². The molecule has 1 aliphatic heterocycles. The molecule has 0 saturated carbocycles. The fourth-order valence-corrected chi connectivity index (χ4v) is 3.45. The molecular weight excluding hydrogens is 242 g/mol. The van der Waals surface area contributed by atoms with Crippen LogP contribution in [0.15, 0.2) is 0 Å². The van der Waals surface area contributed by atoms with Crippen LogP contribution in [0.3, 0.4) is 0 Å². The fourth-order valence-electron chi connectivity index (χ4n) is 2.22. The van der Waals surface area contributed by atoms with Crippen LogP contribution < -0.4 is 0 Å². The Morgan fingerprint density at radius 1 is 1.29 bits per heavy atom. The largest absolute Gasteiger partial charge is 0.481 e. The number of carboxylic acid groups (broad SMARTS) is 1. The summed E-state index contributed by atoms with van der Waals surface area (Å²) in [6.45, 7) is 3.16. The van der Waals surface area contributed by atoms with E-state index in [4.69, 9.17) is 5.11 Å². The molecule has 0 amide bonds. The SMILES string of the molecule is CCCC(CCC(=O)O)N1CCS(=O)(=O)CC1. The molecule has 0 aromatic rings. The molecule has 0 spiro atoms. The summed E-state index contributed by atoms with van der Waals surface area (Å²) < 4.78 is 22.6. The van der Waals surface area contributed by atoms with Gasteiger partial charge in [-0.25, -0.2) is 8.42 Å². The second kappa shape index (κ2) is 6.35. The fraction of sp³-hybridized carbons (Fsp3) is 0.909. The molecule has 100 valence electrons. The first kappa shape index (κ1) is 14.4. The predicted octanol–water partition coefficient (Wildman–Crippen LogP) is 0.750. The molecule has 0 aromatic heterocycles. The number of nitrogens with zero attached hydrogens (tertiary/aromatic N) is 1. The van der Waals surface area contributed by atoms with Gasteiger partial charge >= 0.3 is 5.97 Å². The summed E-state index contributed by atoms with van der Waals surface area (Å²) in [5.41, 5.74) is 0. The number of carbonyl (C=O) groups is 1. The van der Waals surface area contributed by atoms with Crippen LogP contribution in [-0.2, 0) is 14.6 Å². The van der Waals surface area contributed by atoms with Crippen molar-refractivity contribution in [2.45, 2.75) is 38.6 Å². The summed E-state index contributed by atoms with van der Waals surface area (Å²) in [4.78, 5) is 12.7. The smallest absolute Gasteiger partial charge is 0.303 e. The first-order valence-corrected chi connectivity index (χ1v) is 7.93. The topological polar surface area (TPSA) is 74.7 Å². The van der Waals surface area contributed by atoms with Gasteiger partial charge in [0.1, 0.15) is 0 Å². The van der Waals surface area contributed by atoms with Crippen LogP contribution in [0.1, 0.15) is 32.6 Å². The molecule has 1 heterocycles.